The van der Waals surface area contributed by atoms with Gasteiger partial charge in [0.25, 0.3) is 0 Å². The first kappa shape index (κ1) is 11.5. The molecule has 88 valence electrons. The van der Waals surface area contributed by atoms with Gasteiger partial charge in [-0.15, -0.1) is 0 Å². The minimum Gasteiger partial charge on any atom is -0.324 e. The van der Waals surface area contributed by atoms with E-state index < -0.39 is 11.6 Å². The van der Waals surface area contributed by atoms with E-state index in [-0.39, 0.29) is 6.04 Å². The molecule has 1 aliphatic carbocycles. The molecule has 1 fully saturated rings. The summed E-state index contributed by atoms with van der Waals surface area (Å²) in [6.07, 6.45) is 5.69. The lowest BCUT2D eigenvalue weighted by atomic mass is 9.81. The Bertz CT molecular complexity index is 359. The topological polar surface area (TPSA) is 26.0 Å². The van der Waals surface area contributed by atoms with Gasteiger partial charge in [0.1, 0.15) is 11.6 Å². The highest BCUT2D eigenvalue weighted by molar-refractivity contribution is 5.22. The number of halogens is 2. The summed E-state index contributed by atoms with van der Waals surface area (Å²) >= 11 is 0. The van der Waals surface area contributed by atoms with Crippen molar-refractivity contribution in [2.45, 2.75) is 38.1 Å². The van der Waals surface area contributed by atoms with Gasteiger partial charge in [-0.3, -0.25) is 0 Å². The minimum atomic E-state index is -0.544. The van der Waals surface area contributed by atoms with Gasteiger partial charge in [0, 0.05) is 17.7 Å². The van der Waals surface area contributed by atoms with E-state index >= 15 is 0 Å². The highest BCUT2D eigenvalue weighted by Crippen LogP contribution is 2.33. The van der Waals surface area contributed by atoms with Crippen LogP contribution < -0.4 is 5.73 Å². The fourth-order valence-corrected chi connectivity index (χ4v) is 2.52. The van der Waals surface area contributed by atoms with Gasteiger partial charge in [0.05, 0.1) is 0 Å². The lowest BCUT2D eigenvalue weighted by molar-refractivity contribution is 0.303. The summed E-state index contributed by atoms with van der Waals surface area (Å²) in [5.74, 6) is -0.719. The Morgan fingerprint density at radius 2 is 1.81 bits per heavy atom. The summed E-state index contributed by atoms with van der Waals surface area (Å²) < 4.78 is 26.3. The van der Waals surface area contributed by atoms with Crippen LogP contribution in [-0.4, -0.2) is 0 Å². The number of nitrogens with two attached hydrogens (primary N) is 1. The van der Waals surface area contributed by atoms with Gasteiger partial charge in [-0.1, -0.05) is 25.3 Å². The fourth-order valence-electron chi connectivity index (χ4n) is 2.52. The van der Waals surface area contributed by atoms with Crippen molar-refractivity contribution < 1.29 is 8.78 Å². The summed E-state index contributed by atoms with van der Waals surface area (Å²) in [6, 6.07) is 3.38. The third-order valence-electron chi connectivity index (χ3n) is 3.48. The van der Waals surface area contributed by atoms with Gasteiger partial charge in [0.15, 0.2) is 0 Å². The average Bonchev–Trinajstić information content (AvgIpc) is 2.29. The molecule has 16 heavy (non-hydrogen) atoms. The molecule has 2 rings (SSSR count). The molecule has 1 aromatic rings. The normalized spacial score (nSPS) is 19.7. The molecule has 0 saturated heterocycles. The van der Waals surface area contributed by atoms with Crippen LogP contribution in [0, 0.1) is 17.6 Å². The second-order valence-electron chi connectivity index (χ2n) is 4.59. The van der Waals surface area contributed by atoms with E-state index in [1.165, 1.54) is 31.4 Å². The first-order valence-electron chi connectivity index (χ1n) is 5.89. The smallest absolute Gasteiger partial charge is 0.130 e. The number of hydrogen-bond acceptors (Lipinski definition) is 1. The molecule has 1 aliphatic rings. The molecule has 0 aromatic heterocycles. The standard InChI is InChI=1S/C13H17F2N/c14-10-6-7-11(12(15)8-10)13(16)9-4-2-1-3-5-9/h6-9,13H,1-5,16H2. The van der Waals surface area contributed by atoms with Crippen molar-refractivity contribution in [2.75, 3.05) is 0 Å². The maximum absolute atomic E-state index is 13.5. The fraction of sp³-hybridized carbons (Fsp3) is 0.538. The Labute approximate surface area is 94.7 Å². The van der Waals surface area contributed by atoms with Gasteiger partial charge >= 0.3 is 0 Å². The lowest BCUT2D eigenvalue weighted by Crippen LogP contribution is -2.24. The first-order chi connectivity index (χ1) is 7.68. The van der Waals surface area contributed by atoms with Crippen LogP contribution in [0.25, 0.3) is 0 Å². The van der Waals surface area contributed by atoms with Crippen LogP contribution >= 0.6 is 0 Å². The molecule has 2 N–H and O–H groups in total. The summed E-state index contributed by atoms with van der Waals surface area (Å²) in [5.41, 5.74) is 6.51. The number of benzene rings is 1. The predicted octanol–water partition coefficient (Wildman–Crippen LogP) is 3.54. The monoisotopic (exact) mass is 225 g/mol. The van der Waals surface area contributed by atoms with Crippen LogP contribution in [0.4, 0.5) is 8.78 Å². The molecule has 0 heterocycles. The molecule has 1 nitrogen and oxygen atoms in total. The molecule has 1 unspecified atom stereocenters. The molecular formula is C13H17F2N. The molecule has 3 heteroatoms. The molecule has 0 amide bonds. The Kier molecular flexibility index (Phi) is 3.54. The van der Waals surface area contributed by atoms with E-state index in [9.17, 15) is 8.78 Å². The number of hydrogen-bond donors (Lipinski definition) is 1. The van der Waals surface area contributed by atoms with Crippen LogP contribution in [-0.2, 0) is 0 Å². The zero-order chi connectivity index (χ0) is 11.5. The third-order valence-corrected chi connectivity index (χ3v) is 3.48. The lowest BCUT2D eigenvalue weighted by Gasteiger charge is -2.27. The molecule has 1 aromatic carbocycles. The first-order valence-corrected chi connectivity index (χ1v) is 5.89. The molecule has 0 bridgehead atoms. The predicted molar refractivity (Wildman–Crippen MR) is 59.9 cm³/mol. The zero-order valence-corrected chi connectivity index (χ0v) is 9.26. The van der Waals surface area contributed by atoms with E-state index in [0.717, 1.165) is 18.9 Å². The van der Waals surface area contributed by atoms with Crippen molar-refractivity contribution in [3.05, 3.63) is 35.4 Å². The van der Waals surface area contributed by atoms with Gasteiger partial charge in [-0.2, -0.15) is 0 Å². The van der Waals surface area contributed by atoms with Gasteiger partial charge in [-0.05, 0) is 24.8 Å². The minimum absolute atomic E-state index is 0.291. The Hall–Kier alpha value is -0.960. The van der Waals surface area contributed by atoms with Gasteiger partial charge in [-0.25, -0.2) is 8.78 Å². The molecule has 0 spiro atoms. The van der Waals surface area contributed by atoms with Gasteiger partial charge in [0.2, 0.25) is 0 Å². The van der Waals surface area contributed by atoms with Crippen molar-refractivity contribution in [3.8, 4) is 0 Å². The SMILES string of the molecule is NC(c1ccc(F)cc1F)C1CCCCC1. The summed E-state index contributed by atoms with van der Waals surface area (Å²) in [7, 11) is 0. The van der Waals surface area contributed by atoms with Crippen LogP contribution in [0.3, 0.4) is 0 Å². The number of rotatable bonds is 2. The van der Waals surface area contributed by atoms with Crippen LogP contribution in [0.5, 0.6) is 0 Å². The molecule has 1 saturated carbocycles. The van der Waals surface area contributed by atoms with E-state index in [1.807, 2.05) is 0 Å². The molecular weight excluding hydrogens is 208 g/mol. The third kappa shape index (κ3) is 2.40. The van der Waals surface area contributed by atoms with Crippen LogP contribution in [0.15, 0.2) is 18.2 Å². The second-order valence-corrected chi connectivity index (χ2v) is 4.59. The molecule has 0 aliphatic heterocycles. The van der Waals surface area contributed by atoms with Crippen molar-refractivity contribution in [2.24, 2.45) is 11.7 Å². The van der Waals surface area contributed by atoms with E-state index in [1.54, 1.807) is 0 Å². The maximum atomic E-state index is 13.5. The van der Waals surface area contributed by atoms with Crippen molar-refractivity contribution in [1.29, 1.82) is 0 Å². The largest absolute Gasteiger partial charge is 0.324 e. The summed E-state index contributed by atoms with van der Waals surface area (Å²) in [4.78, 5) is 0. The van der Waals surface area contributed by atoms with E-state index in [2.05, 4.69) is 0 Å². The van der Waals surface area contributed by atoms with E-state index in [4.69, 9.17) is 5.73 Å². The molecule has 0 radical (unpaired) electrons. The Morgan fingerprint density at radius 3 is 2.44 bits per heavy atom. The summed E-state index contributed by atoms with van der Waals surface area (Å²) in [6.45, 7) is 0. The average molecular weight is 225 g/mol. The van der Waals surface area contributed by atoms with E-state index in [0.29, 0.717) is 11.5 Å². The molecule has 1 atom stereocenters. The zero-order valence-electron chi connectivity index (χ0n) is 9.26. The van der Waals surface area contributed by atoms with Gasteiger partial charge < -0.3 is 5.73 Å². The van der Waals surface area contributed by atoms with Crippen LogP contribution in [0.1, 0.15) is 43.7 Å². The second kappa shape index (κ2) is 4.91. The Morgan fingerprint density at radius 1 is 1.12 bits per heavy atom. The van der Waals surface area contributed by atoms with Crippen LogP contribution in [0.2, 0.25) is 0 Å². The Balaban J connectivity index is 2.15. The van der Waals surface area contributed by atoms with Crippen molar-refractivity contribution in [3.63, 3.8) is 0 Å². The van der Waals surface area contributed by atoms with Crippen molar-refractivity contribution >= 4 is 0 Å². The highest BCUT2D eigenvalue weighted by atomic mass is 19.1. The maximum Gasteiger partial charge on any atom is 0.130 e. The summed E-state index contributed by atoms with van der Waals surface area (Å²) in [5, 5.41) is 0. The van der Waals surface area contributed by atoms with Crippen molar-refractivity contribution in [1.82, 2.24) is 0 Å². The quantitative estimate of drug-likeness (QED) is 0.818. The highest BCUT2D eigenvalue weighted by Gasteiger charge is 2.23.